The van der Waals surface area contributed by atoms with Gasteiger partial charge in [-0.1, -0.05) is 109 Å². The van der Waals surface area contributed by atoms with Crippen LogP contribution in [0.5, 0.6) is 0 Å². The van der Waals surface area contributed by atoms with E-state index in [4.69, 9.17) is 11.5 Å². The summed E-state index contributed by atoms with van der Waals surface area (Å²) < 4.78 is 0. The van der Waals surface area contributed by atoms with Crippen molar-refractivity contribution in [3.63, 3.8) is 0 Å². The normalized spacial score (nSPS) is 12.6. The Kier molecular flexibility index (Phi) is 7.52. The molecule has 0 atom stereocenters. The van der Waals surface area contributed by atoms with Crippen molar-refractivity contribution in [3.8, 4) is 11.1 Å². The van der Waals surface area contributed by atoms with Gasteiger partial charge >= 0.3 is 0 Å². The molecule has 8 aromatic rings. The minimum atomic E-state index is -0.649. The fraction of sp³-hybridized carbons (Fsp3) is 0.0213. The van der Waals surface area contributed by atoms with E-state index < -0.39 is 5.41 Å². The molecule has 9 rings (SSSR count). The Morgan fingerprint density at radius 2 is 0.849 bits per heavy atom. The zero-order valence-corrected chi connectivity index (χ0v) is 28.6. The van der Waals surface area contributed by atoms with Crippen LogP contribution in [0.25, 0.3) is 32.7 Å². The lowest BCUT2D eigenvalue weighted by Gasteiger charge is -2.34. The van der Waals surface area contributed by atoms with E-state index in [1.807, 2.05) is 97.1 Å². The Morgan fingerprint density at radius 1 is 0.434 bits per heavy atom. The van der Waals surface area contributed by atoms with Crippen molar-refractivity contribution >= 4 is 56.1 Å². The largest absolute Gasteiger partial charge is 0.399 e. The summed E-state index contributed by atoms with van der Waals surface area (Å²) in [5, 5.41) is 9.74. The third kappa shape index (κ3) is 5.27. The van der Waals surface area contributed by atoms with Gasteiger partial charge in [-0.15, -0.1) is 0 Å². The second-order valence-electron chi connectivity index (χ2n) is 13.5. The molecule has 254 valence electrons. The van der Waals surface area contributed by atoms with E-state index in [2.05, 4.69) is 83.4 Å². The van der Waals surface area contributed by atoms with E-state index in [0.29, 0.717) is 33.9 Å². The van der Waals surface area contributed by atoms with E-state index in [0.717, 1.165) is 32.7 Å². The molecule has 0 bridgehead atoms. The lowest BCUT2D eigenvalue weighted by molar-refractivity contribution is 0.102. The quantitative estimate of drug-likeness (QED) is 0.131. The number of fused-ring (bicyclic) bond motifs is 5. The van der Waals surface area contributed by atoms with Gasteiger partial charge < -0.3 is 22.1 Å². The van der Waals surface area contributed by atoms with Gasteiger partial charge in [-0.05, 0) is 116 Å². The van der Waals surface area contributed by atoms with Crippen molar-refractivity contribution in [2.45, 2.75) is 5.41 Å². The standard InChI is InChI=1S/C47H34N4O2/c48-33-19-25-37-29(27-33)7-5-11-41(37)45(52)50-35-21-15-31(16-22-35)47(43-13-3-1-9-39(43)40-10-2-4-14-44(40)47)32-17-23-36(24-18-32)51-46(53)42-12-6-8-30-28-34(49)20-26-38(30)42/h1-28H,48-49H2,(H,50,52)(H,51,53). The lowest BCUT2D eigenvalue weighted by Crippen LogP contribution is -2.28. The molecule has 53 heavy (non-hydrogen) atoms. The predicted molar refractivity (Wildman–Crippen MR) is 216 cm³/mol. The molecule has 2 amide bonds. The van der Waals surface area contributed by atoms with Crippen molar-refractivity contribution in [2.75, 3.05) is 22.1 Å². The second kappa shape index (κ2) is 12.5. The molecule has 1 aliphatic rings. The highest BCUT2D eigenvalue weighted by atomic mass is 16.2. The number of benzene rings is 8. The second-order valence-corrected chi connectivity index (χ2v) is 13.5. The van der Waals surface area contributed by atoms with E-state index in [1.165, 1.54) is 22.3 Å². The van der Waals surface area contributed by atoms with Crippen LogP contribution >= 0.6 is 0 Å². The summed E-state index contributed by atoms with van der Waals surface area (Å²) in [6.07, 6.45) is 0. The molecule has 6 heteroatoms. The van der Waals surface area contributed by atoms with Crippen LogP contribution < -0.4 is 22.1 Å². The van der Waals surface area contributed by atoms with Crippen LogP contribution in [0.15, 0.2) is 170 Å². The molecular weight excluding hydrogens is 653 g/mol. The number of nitrogen functional groups attached to an aromatic ring is 2. The van der Waals surface area contributed by atoms with Gasteiger partial charge in [0.15, 0.2) is 0 Å². The van der Waals surface area contributed by atoms with E-state index in [-0.39, 0.29) is 11.8 Å². The van der Waals surface area contributed by atoms with Crippen molar-refractivity contribution in [3.05, 3.63) is 203 Å². The van der Waals surface area contributed by atoms with Gasteiger partial charge in [-0.25, -0.2) is 0 Å². The third-order valence-electron chi connectivity index (χ3n) is 10.4. The van der Waals surface area contributed by atoms with Gasteiger partial charge in [0.1, 0.15) is 0 Å². The topological polar surface area (TPSA) is 110 Å². The number of rotatable bonds is 6. The molecule has 0 radical (unpaired) electrons. The number of hydrogen-bond acceptors (Lipinski definition) is 4. The summed E-state index contributed by atoms with van der Waals surface area (Å²) in [5.41, 5.74) is 22.0. The van der Waals surface area contributed by atoms with E-state index in [9.17, 15) is 9.59 Å². The van der Waals surface area contributed by atoms with Crippen LogP contribution in [0.4, 0.5) is 22.7 Å². The molecule has 0 heterocycles. The first-order valence-electron chi connectivity index (χ1n) is 17.5. The van der Waals surface area contributed by atoms with E-state index in [1.54, 1.807) is 0 Å². The summed E-state index contributed by atoms with van der Waals surface area (Å²) in [7, 11) is 0. The Labute approximate surface area is 306 Å². The summed E-state index contributed by atoms with van der Waals surface area (Å²) in [6.45, 7) is 0. The average molecular weight is 687 g/mol. The number of amides is 2. The lowest BCUT2D eigenvalue weighted by atomic mass is 9.67. The molecule has 0 unspecified atom stereocenters. The minimum absolute atomic E-state index is 0.190. The van der Waals surface area contributed by atoms with Gasteiger partial charge in [0.25, 0.3) is 11.8 Å². The number of anilines is 4. The van der Waals surface area contributed by atoms with Crippen LogP contribution in [0.1, 0.15) is 43.0 Å². The van der Waals surface area contributed by atoms with Crippen LogP contribution in [0.3, 0.4) is 0 Å². The highest BCUT2D eigenvalue weighted by Gasteiger charge is 2.45. The smallest absolute Gasteiger partial charge is 0.256 e. The zero-order valence-electron chi connectivity index (χ0n) is 28.6. The van der Waals surface area contributed by atoms with Crippen molar-refractivity contribution in [2.24, 2.45) is 0 Å². The molecule has 0 saturated heterocycles. The number of nitrogens with one attached hydrogen (secondary N) is 2. The van der Waals surface area contributed by atoms with Gasteiger partial charge in [0, 0.05) is 33.9 Å². The molecule has 0 aromatic heterocycles. The van der Waals surface area contributed by atoms with Gasteiger partial charge in [-0.3, -0.25) is 9.59 Å². The van der Waals surface area contributed by atoms with Gasteiger partial charge in [0.05, 0.1) is 5.41 Å². The first-order chi connectivity index (χ1) is 25.9. The van der Waals surface area contributed by atoms with Crippen LogP contribution in [-0.4, -0.2) is 11.8 Å². The maximum atomic E-state index is 13.6. The molecule has 6 nitrogen and oxygen atoms in total. The van der Waals surface area contributed by atoms with Crippen LogP contribution in [0, 0.1) is 0 Å². The minimum Gasteiger partial charge on any atom is -0.399 e. The van der Waals surface area contributed by atoms with Crippen molar-refractivity contribution in [1.82, 2.24) is 0 Å². The first-order valence-corrected chi connectivity index (χ1v) is 17.5. The average Bonchev–Trinajstić information content (AvgIpc) is 3.49. The maximum Gasteiger partial charge on any atom is 0.256 e. The zero-order chi connectivity index (χ0) is 36.1. The Balaban J connectivity index is 1.08. The molecule has 8 aromatic carbocycles. The SMILES string of the molecule is Nc1ccc2c(C(=O)Nc3ccc(C4(c5ccc(NC(=O)c6cccc7cc(N)ccc67)cc5)c5ccccc5-c5ccccc54)cc3)cccc2c1. The van der Waals surface area contributed by atoms with Crippen LogP contribution in [-0.2, 0) is 5.41 Å². The fourth-order valence-electron chi connectivity index (χ4n) is 8.03. The van der Waals surface area contributed by atoms with Gasteiger partial charge in [-0.2, -0.15) is 0 Å². The number of nitrogens with two attached hydrogens (primary N) is 2. The molecular formula is C47H34N4O2. The van der Waals surface area contributed by atoms with E-state index >= 15 is 0 Å². The summed E-state index contributed by atoms with van der Waals surface area (Å²) >= 11 is 0. The molecule has 6 N–H and O–H groups in total. The molecule has 0 fully saturated rings. The van der Waals surface area contributed by atoms with Gasteiger partial charge in [0.2, 0.25) is 0 Å². The highest BCUT2D eigenvalue weighted by molar-refractivity contribution is 6.14. The summed E-state index contributed by atoms with van der Waals surface area (Å²) in [5.74, 6) is -0.380. The van der Waals surface area contributed by atoms with Crippen molar-refractivity contribution in [1.29, 1.82) is 0 Å². The third-order valence-corrected chi connectivity index (χ3v) is 10.4. The Bertz CT molecular complexity index is 2550. The number of hydrogen-bond donors (Lipinski definition) is 4. The molecule has 0 saturated carbocycles. The molecule has 0 aliphatic heterocycles. The monoisotopic (exact) mass is 686 g/mol. The fourth-order valence-corrected chi connectivity index (χ4v) is 8.03. The molecule has 0 spiro atoms. The first kappa shape index (κ1) is 31.8. The van der Waals surface area contributed by atoms with Crippen LogP contribution in [0.2, 0.25) is 0 Å². The van der Waals surface area contributed by atoms with Crippen molar-refractivity contribution < 1.29 is 9.59 Å². The predicted octanol–water partition coefficient (Wildman–Crippen LogP) is 10.0. The highest BCUT2D eigenvalue weighted by Crippen LogP contribution is 2.56. The Morgan fingerprint density at radius 3 is 1.28 bits per heavy atom. The number of carbonyl (C=O) groups is 2. The Hall–Kier alpha value is -7.18. The summed E-state index contributed by atoms with van der Waals surface area (Å²) in [6, 6.07) is 55.8. The number of carbonyl (C=O) groups excluding carboxylic acids is 2. The maximum absolute atomic E-state index is 13.6. The summed E-state index contributed by atoms with van der Waals surface area (Å²) in [4.78, 5) is 27.1. The molecule has 1 aliphatic carbocycles.